The molecule has 0 saturated heterocycles. The predicted molar refractivity (Wildman–Crippen MR) is 63.9 cm³/mol. The Balaban J connectivity index is 2.45. The van der Waals surface area contributed by atoms with E-state index in [1.165, 1.54) is 0 Å². The van der Waals surface area contributed by atoms with E-state index in [1.54, 1.807) is 4.80 Å². The molecule has 0 spiro atoms. The number of alkyl halides is 2. The van der Waals surface area contributed by atoms with Gasteiger partial charge in [-0.25, -0.2) is 0 Å². The Morgan fingerprint density at radius 1 is 1.14 bits per heavy atom. The van der Waals surface area contributed by atoms with Gasteiger partial charge in [0.05, 0.1) is 0 Å². The van der Waals surface area contributed by atoms with Gasteiger partial charge in [0.1, 0.15) is 16.0 Å². The number of nitrogens with zero attached hydrogens (tertiary/aromatic N) is 3. The van der Waals surface area contributed by atoms with Crippen LogP contribution in [0.2, 0.25) is 0 Å². The molecule has 0 aliphatic carbocycles. The van der Waals surface area contributed by atoms with E-state index in [-0.39, 0.29) is 9.78 Å². The highest BCUT2D eigenvalue weighted by atomic mass is 79.9. The van der Waals surface area contributed by atoms with Crippen molar-refractivity contribution in [2.45, 2.75) is 16.7 Å². The van der Waals surface area contributed by atoms with Crippen molar-refractivity contribution in [1.29, 1.82) is 0 Å². The second kappa shape index (κ2) is 3.98. The van der Waals surface area contributed by atoms with E-state index in [1.807, 2.05) is 31.2 Å². The number of hydrogen-bond donors (Lipinski definition) is 0. The lowest BCUT2D eigenvalue weighted by molar-refractivity contribution is 0.541. The van der Waals surface area contributed by atoms with Crippen LogP contribution in [0.5, 0.6) is 0 Å². The van der Waals surface area contributed by atoms with Crippen molar-refractivity contribution in [2.75, 3.05) is 0 Å². The van der Waals surface area contributed by atoms with E-state index in [0.29, 0.717) is 0 Å². The minimum atomic E-state index is 0.0786. The average molecular weight is 319 g/mol. The molecule has 2 unspecified atom stereocenters. The summed E-state index contributed by atoms with van der Waals surface area (Å²) in [4.78, 5) is 2.04. The van der Waals surface area contributed by atoms with Gasteiger partial charge in [0.15, 0.2) is 0 Å². The molecule has 2 atom stereocenters. The first-order valence-electron chi connectivity index (χ1n) is 4.28. The summed E-state index contributed by atoms with van der Waals surface area (Å²) in [5.74, 6) is 0. The van der Waals surface area contributed by atoms with E-state index in [4.69, 9.17) is 0 Å². The Morgan fingerprint density at radius 3 is 2.07 bits per heavy atom. The Kier molecular flexibility index (Phi) is 2.88. The molecule has 1 aromatic heterocycles. The zero-order valence-corrected chi connectivity index (χ0v) is 10.7. The molecule has 0 N–H and O–H groups in total. The molecule has 0 saturated carbocycles. The van der Waals surface area contributed by atoms with Gasteiger partial charge in [0, 0.05) is 4.83 Å². The highest BCUT2D eigenvalue weighted by Crippen LogP contribution is 2.24. The lowest BCUT2D eigenvalue weighted by Crippen LogP contribution is -2.13. The third-order valence-electron chi connectivity index (χ3n) is 1.90. The maximum atomic E-state index is 4.36. The van der Waals surface area contributed by atoms with Gasteiger partial charge >= 0.3 is 0 Å². The van der Waals surface area contributed by atoms with E-state index in [0.717, 1.165) is 11.0 Å². The van der Waals surface area contributed by atoms with E-state index < -0.39 is 0 Å². The van der Waals surface area contributed by atoms with Crippen LogP contribution in [0.15, 0.2) is 24.3 Å². The summed E-state index contributed by atoms with van der Waals surface area (Å²) in [6, 6.07) is 7.83. The summed E-state index contributed by atoms with van der Waals surface area (Å²) in [6.07, 6.45) is 0. The molecular formula is C9H9Br2N3. The summed E-state index contributed by atoms with van der Waals surface area (Å²) in [7, 11) is 0. The first kappa shape index (κ1) is 10.1. The largest absolute Gasteiger partial charge is 0.169 e. The molecule has 0 fully saturated rings. The molecule has 0 aliphatic heterocycles. The van der Waals surface area contributed by atoms with Crippen molar-refractivity contribution in [2.24, 2.45) is 0 Å². The minimum absolute atomic E-state index is 0.0786. The first-order chi connectivity index (χ1) is 6.68. The van der Waals surface area contributed by atoms with Gasteiger partial charge < -0.3 is 0 Å². The van der Waals surface area contributed by atoms with Crippen LogP contribution in [-0.2, 0) is 0 Å². The van der Waals surface area contributed by atoms with Crippen molar-refractivity contribution in [3.05, 3.63) is 24.3 Å². The van der Waals surface area contributed by atoms with Crippen LogP contribution >= 0.6 is 31.9 Å². The number of rotatable bonds is 2. The fraction of sp³-hybridized carbons (Fsp3) is 0.333. The van der Waals surface area contributed by atoms with Crippen LogP contribution in [-0.4, -0.2) is 19.8 Å². The molecule has 0 aliphatic rings. The fourth-order valence-electron chi connectivity index (χ4n) is 1.17. The topological polar surface area (TPSA) is 30.7 Å². The second-order valence-corrected chi connectivity index (χ2v) is 5.44. The Labute approximate surface area is 98.7 Å². The van der Waals surface area contributed by atoms with Crippen LogP contribution in [0, 0.1) is 0 Å². The zero-order valence-electron chi connectivity index (χ0n) is 7.56. The Bertz CT molecular complexity index is 405. The fourth-order valence-corrected chi connectivity index (χ4v) is 1.57. The maximum absolute atomic E-state index is 4.36. The summed E-state index contributed by atoms with van der Waals surface area (Å²) >= 11 is 7.01. The summed E-state index contributed by atoms with van der Waals surface area (Å²) in [5.41, 5.74) is 1.84. The number of halogens is 2. The molecule has 2 aromatic rings. The molecule has 3 nitrogen and oxygen atoms in total. The van der Waals surface area contributed by atoms with Gasteiger partial charge in [-0.2, -0.15) is 15.0 Å². The molecular weight excluding hydrogens is 310 g/mol. The lowest BCUT2D eigenvalue weighted by Gasteiger charge is -2.09. The third kappa shape index (κ3) is 1.83. The van der Waals surface area contributed by atoms with Gasteiger partial charge in [0.2, 0.25) is 0 Å². The van der Waals surface area contributed by atoms with E-state index in [2.05, 4.69) is 42.1 Å². The molecule has 74 valence electrons. The molecule has 14 heavy (non-hydrogen) atoms. The van der Waals surface area contributed by atoms with Crippen molar-refractivity contribution in [3.63, 3.8) is 0 Å². The molecule has 0 bridgehead atoms. The highest BCUT2D eigenvalue weighted by Gasteiger charge is 2.15. The summed E-state index contributed by atoms with van der Waals surface area (Å²) in [6.45, 7) is 2.05. The predicted octanol–water partition coefficient (Wildman–Crippen LogP) is 3.11. The normalized spacial score (nSPS) is 15.6. The van der Waals surface area contributed by atoms with Crippen molar-refractivity contribution < 1.29 is 0 Å². The van der Waals surface area contributed by atoms with Crippen LogP contribution < -0.4 is 0 Å². The number of benzene rings is 1. The first-order valence-corrected chi connectivity index (χ1v) is 6.11. The van der Waals surface area contributed by atoms with Crippen molar-refractivity contribution >= 4 is 42.9 Å². The standard InChI is InChI=1S/C9H9Br2N3/c1-6(10)9(11)14-12-7-4-2-3-5-8(7)13-14/h2-6,9H,1H3. The Morgan fingerprint density at radius 2 is 1.64 bits per heavy atom. The van der Waals surface area contributed by atoms with Crippen LogP contribution in [0.3, 0.4) is 0 Å². The van der Waals surface area contributed by atoms with Gasteiger partial charge in [0.25, 0.3) is 0 Å². The van der Waals surface area contributed by atoms with Gasteiger partial charge in [-0.15, -0.1) is 0 Å². The molecule has 0 radical (unpaired) electrons. The minimum Gasteiger partial charge on any atom is -0.169 e. The van der Waals surface area contributed by atoms with Gasteiger partial charge in [-0.05, 0) is 19.1 Å². The van der Waals surface area contributed by atoms with Gasteiger partial charge in [-0.3, -0.25) is 0 Å². The van der Waals surface area contributed by atoms with E-state index >= 15 is 0 Å². The van der Waals surface area contributed by atoms with Crippen molar-refractivity contribution in [3.8, 4) is 0 Å². The second-order valence-electron chi connectivity index (χ2n) is 3.06. The average Bonchev–Trinajstić information content (AvgIpc) is 2.59. The monoisotopic (exact) mass is 317 g/mol. The highest BCUT2D eigenvalue weighted by molar-refractivity contribution is 9.12. The molecule has 0 amide bonds. The zero-order chi connectivity index (χ0) is 10.1. The van der Waals surface area contributed by atoms with Gasteiger partial charge in [-0.1, -0.05) is 44.0 Å². The lowest BCUT2D eigenvalue weighted by atomic mass is 10.3. The van der Waals surface area contributed by atoms with Crippen LogP contribution in [0.25, 0.3) is 11.0 Å². The smallest absolute Gasteiger partial charge is 0.138 e. The van der Waals surface area contributed by atoms with Crippen LogP contribution in [0.4, 0.5) is 0 Å². The number of fused-ring (bicyclic) bond motifs is 1. The summed E-state index contributed by atoms with van der Waals surface area (Å²) in [5, 5.41) is 8.73. The quantitative estimate of drug-likeness (QED) is 0.797. The SMILES string of the molecule is CC(Br)C(Br)n1nc2ccccc2n1. The third-order valence-corrected chi connectivity index (χ3v) is 4.27. The number of aromatic nitrogens is 3. The molecule has 1 aromatic carbocycles. The summed E-state index contributed by atoms with van der Waals surface area (Å²) < 4.78 is 0. The molecule has 5 heteroatoms. The maximum Gasteiger partial charge on any atom is 0.138 e. The molecule has 2 rings (SSSR count). The van der Waals surface area contributed by atoms with E-state index in [9.17, 15) is 0 Å². The Hall–Kier alpha value is -0.420. The van der Waals surface area contributed by atoms with Crippen LogP contribution in [0.1, 0.15) is 11.9 Å². The number of hydrogen-bond acceptors (Lipinski definition) is 2. The molecule has 1 heterocycles. The van der Waals surface area contributed by atoms with Crippen molar-refractivity contribution in [1.82, 2.24) is 15.0 Å².